The van der Waals surface area contributed by atoms with E-state index in [0.29, 0.717) is 52.1 Å². The number of nitriles is 4. The molecule has 5 aromatic heterocycles. The van der Waals surface area contributed by atoms with E-state index in [0.717, 1.165) is 5.69 Å². The zero-order chi connectivity index (χ0) is 48.1. The summed E-state index contributed by atoms with van der Waals surface area (Å²) in [5.41, 5.74) is 11.4. The van der Waals surface area contributed by atoms with Crippen LogP contribution in [-0.4, -0.2) is 45.2 Å². The van der Waals surface area contributed by atoms with Crippen LogP contribution >= 0.6 is 11.6 Å². The molecule has 328 valence electrons. The Labute approximate surface area is 362 Å². The summed E-state index contributed by atoms with van der Waals surface area (Å²) in [4.78, 5) is 74.9. The van der Waals surface area contributed by atoms with E-state index in [4.69, 9.17) is 63.1 Å². The number of halogens is 1. The zero-order valence-electron chi connectivity index (χ0n) is 34.9. The van der Waals surface area contributed by atoms with Gasteiger partial charge >= 0.3 is 5.97 Å². The number of hydrogen-bond donors (Lipinski definition) is 7. The van der Waals surface area contributed by atoms with Gasteiger partial charge in [0.1, 0.15) is 65.0 Å². The summed E-state index contributed by atoms with van der Waals surface area (Å²) in [5.74, 6) is 1.32. The van der Waals surface area contributed by atoms with Crippen molar-refractivity contribution in [3.05, 3.63) is 156 Å². The minimum absolute atomic E-state index is 0.0168. The smallest absolute Gasteiger partial charge is 0.318 e. The fourth-order valence-electron chi connectivity index (χ4n) is 4.57. The number of aryl methyl sites for hydroxylation is 5. The monoisotopic (exact) mass is 884 g/mol. The van der Waals surface area contributed by atoms with E-state index in [1.807, 2.05) is 0 Å². The van der Waals surface area contributed by atoms with Gasteiger partial charge in [-0.1, -0.05) is 18.2 Å². The molecule has 0 atom stereocenters. The van der Waals surface area contributed by atoms with Crippen molar-refractivity contribution in [2.45, 2.75) is 47.6 Å². The van der Waals surface area contributed by atoms with Gasteiger partial charge in [0, 0.05) is 47.5 Å². The number of methoxy groups -OCH3 is 2. The standard InChI is InChI=1S/C8H12N2O2.C8H8N2O2.C7H5ClN2O.2C7H6N2O2.C4H4O2/c2*1-5-3-7(12-2)6(4-9)8(11)10-5;1-4-2-6(8)5(3-9)7(11)10-4;1-4-2-6(10)5(3-8)7(9)11-4;1-4-2-6(10)5(3-8)7(11)9-4;1-3-2-4(5)6-3/h3H,4,9H2,1-2H3,(H,10,11);3H,1-2H3,(H,10,11);2H,1H3,(H,10,11);2H,9H2,1H3;2H,1H3,(H2,9,10,11);1-2H2. The predicted octanol–water partition coefficient (Wildman–Crippen LogP) is 3.03. The van der Waals surface area contributed by atoms with Crippen molar-refractivity contribution in [3.63, 3.8) is 0 Å². The second-order valence-electron chi connectivity index (χ2n) is 12.4. The highest BCUT2D eigenvalue weighted by Crippen LogP contribution is 2.15. The van der Waals surface area contributed by atoms with E-state index in [-0.39, 0.29) is 57.0 Å². The first kappa shape index (κ1) is 52.4. The molecule has 63 heavy (non-hydrogen) atoms. The van der Waals surface area contributed by atoms with Gasteiger partial charge in [0.2, 0.25) is 11.3 Å². The minimum Gasteiger partial charge on any atom is -0.506 e. The second kappa shape index (κ2) is 25.1. The Morgan fingerprint density at radius 1 is 0.698 bits per heavy atom. The molecule has 9 N–H and O–H groups in total. The van der Waals surface area contributed by atoms with E-state index >= 15 is 0 Å². The van der Waals surface area contributed by atoms with E-state index in [9.17, 15) is 28.8 Å². The van der Waals surface area contributed by atoms with Crippen LogP contribution in [0.5, 0.6) is 17.2 Å². The first-order valence-corrected chi connectivity index (χ1v) is 17.9. The van der Waals surface area contributed by atoms with Crippen molar-refractivity contribution in [2.75, 3.05) is 20.0 Å². The lowest BCUT2D eigenvalue weighted by atomic mass is 10.2. The van der Waals surface area contributed by atoms with Crippen LogP contribution in [0.1, 0.15) is 62.8 Å². The number of hydrogen-bond acceptors (Lipinski definition) is 17. The molecule has 0 aromatic carbocycles. The van der Waals surface area contributed by atoms with Crippen molar-refractivity contribution >= 4 is 23.5 Å². The van der Waals surface area contributed by atoms with Gasteiger partial charge in [-0.2, -0.15) is 21.0 Å². The third-order valence-electron chi connectivity index (χ3n) is 7.42. The number of ether oxygens (including phenoxy) is 3. The molecule has 1 aliphatic heterocycles. The van der Waals surface area contributed by atoms with Crippen molar-refractivity contribution in [1.29, 1.82) is 21.0 Å². The van der Waals surface area contributed by atoms with Crippen LogP contribution in [0.3, 0.4) is 0 Å². The fraction of sp³-hybridized carbons (Fsp3) is 0.220. The molecule has 0 spiro atoms. The van der Waals surface area contributed by atoms with E-state index < -0.39 is 22.1 Å². The Bertz CT molecular complexity index is 2750. The highest BCUT2D eigenvalue weighted by Gasteiger charge is 2.18. The number of nitrogens with two attached hydrogens (primary N) is 2. The molecule has 0 aliphatic carbocycles. The number of cyclic esters (lactones) is 1. The lowest BCUT2D eigenvalue weighted by Crippen LogP contribution is -2.18. The van der Waals surface area contributed by atoms with E-state index in [1.54, 1.807) is 77.1 Å². The number of aromatic hydroxyl groups is 1. The molecular formula is C41H41ClN10O11. The molecule has 0 bridgehead atoms. The number of aromatic nitrogens is 4. The van der Waals surface area contributed by atoms with Crippen molar-refractivity contribution in [2.24, 2.45) is 5.73 Å². The summed E-state index contributed by atoms with van der Waals surface area (Å²) in [6.45, 7) is 12.0. The number of pyridine rings is 4. The van der Waals surface area contributed by atoms with Crippen molar-refractivity contribution < 1.29 is 28.5 Å². The number of aromatic amines is 4. The number of carbonyl (C=O) groups excluding carboxylic acids is 1. The third-order valence-corrected chi connectivity index (χ3v) is 7.72. The molecule has 0 saturated carbocycles. The summed E-state index contributed by atoms with van der Waals surface area (Å²) in [7, 11) is 2.95. The first-order chi connectivity index (χ1) is 29.6. The van der Waals surface area contributed by atoms with Crippen LogP contribution in [0.25, 0.3) is 0 Å². The summed E-state index contributed by atoms with van der Waals surface area (Å²) >= 11 is 5.59. The number of esters is 1. The van der Waals surface area contributed by atoms with Gasteiger partial charge in [-0.05, 0) is 46.8 Å². The maximum atomic E-state index is 11.2. The average Bonchev–Trinajstić information content (AvgIpc) is 3.17. The highest BCUT2D eigenvalue weighted by molar-refractivity contribution is 6.31. The molecule has 5 aromatic rings. The quantitative estimate of drug-likeness (QED) is 0.128. The van der Waals surface area contributed by atoms with E-state index in [2.05, 4.69) is 31.3 Å². The van der Waals surface area contributed by atoms with Crippen LogP contribution in [0.15, 0.2) is 71.1 Å². The van der Waals surface area contributed by atoms with Crippen LogP contribution in [0, 0.1) is 79.9 Å². The van der Waals surface area contributed by atoms with Crippen LogP contribution in [0.2, 0.25) is 5.02 Å². The molecule has 0 radical (unpaired) electrons. The summed E-state index contributed by atoms with van der Waals surface area (Å²) < 4.78 is 19.0. The van der Waals surface area contributed by atoms with Crippen molar-refractivity contribution in [1.82, 2.24) is 19.9 Å². The Morgan fingerprint density at radius 3 is 1.51 bits per heavy atom. The Kier molecular flexibility index (Phi) is 20.9. The van der Waals surface area contributed by atoms with Gasteiger partial charge < -0.3 is 55.1 Å². The molecule has 22 heteroatoms. The highest BCUT2D eigenvalue weighted by atomic mass is 35.5. The lowest BCUT2D eigenvalue weighted by Gasteiger charge is -2.12. The predicted molar refractivity (Wildman–Crippen MR) is 228 cm³/mol. The summed E-state index contributed by atoms with van der Waals surface area (Å²) in [6, 6.07) is 14.2. The molecule has 1 aliphatic rings. The molecule has 1 fully saturated rings. The molecule has 6 rings (SSSR count). The number of anilines is 1. The largest absolute Gasteiger partial charge is 0.506 e. The van der Waals surface area contributed by atoms with Gasteiger partial charge in [-0.15, -0.1) is 0 Å². The van der Waals surface area contributed by atoms with E-state index in [1.165, 1.54) is 26.4 Å². The summed E-state index contributed by atoms with van der Waals surface area (Å²) in [6.07, 6.45) is 0.417. The minimum atomic E-state index is -0.551. The van der Waals surface area contributed by atoms with Crippen molar-refractivity contribution in [3.8, 4) is 41.5 Å². The maximum absolute atomic E-state index is 11.2. The number of nitrogens with zero attached hydrogens (tertiary/aromatic N) is 4. The first-order valence-electron chi connectivity index (χ1n) is 17.6. The normalized spacial score (nSPS) is 10.2. The number of rotatable bonds is 3. The second-order valence-corrected chi connectivity index (χ2v) is 12.8. The van der Waals surface area contributed by atoms with Crippen LogP contribution in [-0.2, 0) is 16.1 Å². The van der Waals surface area contributed by atoms with Crippen LogP contribution < -0.4 is 48.6 Å². The lowest BCUT2D eigenvalue weighted by molar-refractivity contribution is -0.148. The molecule has 0 unspecified atom stereocenters. The Balaban J connectivity index is 0.000000381. The van der Waals surface area contributed by atoms with Gasteiger partial charge in [0.05, 0.1) is 24.8 Å². The van der Waals surface area contributed by atoms with Gasteiger partial charge in [-0.3, -0.25) is 28.8 Å². The molecule has 6 heterocycles. The molecule has 0 amide bonds. The Morgan fingerprint density at radius 2 is 1.13 bits per heavy atom. The summed E-state index contributed by atoms with van der Waals surface area (Å²) in [5, 5.41) is 43.0. The SMILES string of the molecule is C=C1CC(=O)O1.COc1cc(C)[nH]c(=O)c1C#N.COc1cc(C)[nH]c(=O)c1CN.Cc1cc(=O)c(C#N)c(N)o1.Cc1cc(Cl)c(C#N)c(=O)[nH]1.Cc1cc(O)c(C#N)c(=O)[nH]1. The van der Waals surface area contributed by atoms with Gasteiger partial charge in [-0.25, -0.2) is 0 Å². The molecule has 1 saturated heterocycles. The molecule has 21 nitrogen and oxygen atoms in total. The number of H-pyrrole nitrogens is 4. The Hall–Kier alpha value is -8.63. The van der Waals surface area contributed by atoms with Crippen LogP contribution in [0.4, 0.5) is 5.88 Å². The zero-order valence-corrected chi connectivity index (χ0v) is 35.6. The molecular weight excluding hydrogens is 844 g/mol. The number of carbonyl (C=O) groups is 1. The number of nitrogen functional groups attached to an aromatic ring is 1. The average molecular weight is 885 g/mol. The fourth-order valence-corrected chi connectivity index (χ4v) is 4.87. The topological polar surface area (TPSA) is 374 Å². The number of nitrogens with one attached hydrogen (secondary N) is 4. The van der Waals surface area contributed by atoms with Gasteiger partial charge in [0.25, 0.3) is 22.2 Å². The van der Waals surface area contributed by atoms with Gasteiger partial charge in [0.15, 0.2) is 16.7 Å². The third kappa shape index (κ3) is 16.2. The maximum Gasteiger partial charge on any atom is 0.318 e.